The third-order valence-corrected chi connectivity index (χ3v) is 7.02. The maximum atomic E-state index is 12.1. The standard InChI is InChI=1S/C18H26N2O3S/c1-14(20-8-6-16-4-2-3-5-17(16)12-20)11-19-18(21)10-15-7-9-24(22,23)13-15/h2-5,14-15H,6-13H2,1H3,(H,19,21). The zero-order valence-electron chi connectivity index (χ0n) is 14.2. The number of nitrogens with zero attached hydrogens (tertiary/aromatic N) is 1. The molecule has 2 heterocycles. The zero-order chi connectivity index (χ0) is 17.2. The van der Waals surface area contributed by atoms with Gasteiger partial charge in [0.05, 0.1) is 11.5 Å². The van der Waals surface area contributed by atoms with Crippen molar-refractivity contribution in [2.45, 2.75) is 38.8 Å². The van der Waals surface area contributed by atoms with Crippen LogP contribution in [0.3, 0.4) is 0 Å². The number of fused-ring (bicyclic) bond motifs is 1. The molecule has 1 N–H and O–H groups in total. The lowest BCUT2D eigenvalue weighted by molar-refractivity contribution is -0.122. The summed E-state index contributed by atoms with van der Waals surface area (Å²) < 4.78 is 22.9. The van der Waals surface area contributed by atoms with Crippen LogP contribution in [0.25, 0.3) is 0 Å². The molecule has 0 spiro atoms. The van der Waals surface area contributed by atoms with Crippen LogP contribution >= 0.6 is 0 Å². The van der Waals surface area contributed by atoms with Crippen molar-refractivity contribution in [1.82, 2.24) is 10.2 Å². The molecule has 0 aliphatic carbocycles. The third-order valence-electron chi connectivity index (χ3n) is 5.18. The lowest BCUT2D eigenvalue weighted by Gasteiger charge is -2.33. The van der Waals surface area contributed by atoms with E-state index >= 15 is 0 Å². The number of carbonyl (C=O) groups excluding carboxylic acids is 1. The first-order valence-corrected chi connectivity index (χ1v) is 10.5. The van der Waals surface area contributed by atoms with Gasteiger partial charge in [-0.15, -0.1) is 0 Å². The van der Waals surface area contributed by atoms with E-state index in [2.05, 4.69) is 41.4 Å². The van der Waals surface area contributed by atoms with E-state index < -0.39 is 9.84 Å². The van der Waals surface area contributed by atoms with Gasteiger partial charge in [0.25, 0.3) is 0 Å². The highest BCUT2D eigenvalue weighted by atomic mass is 32.2. The largest absolute Gasteiger partial charge is 0.355 e. The van der Waals surface area contributed by atoms with Crippen LogP contribution in [0, 0.1) is 5.92 Å². The predicted octanol–water partition coefficient (Wildman–Crippen LogP) is 1.37. The van der Waals surface area contributed by atoms with Crippen LogP contribution in [0.2, 0.25) is 0 Å². The molecule has 24 heavy (non-hydrogen) atoms. The fraction of sp³-hybridized carbons (Fsp3) is 0.611. The van der Waals surface area contributed by atoms with E-state index in [1.807, 2.05) is 0 Å². The minimum atomic E-state index is -2.91. The molecular formula is C18H26N2O3S. The molecule has 2 aliphatic rings. The molecule has 1 aromatic rings. The topological polar surface area (TPSA) is 66.5 Å². The zero-order valence-corrected chi connectivity index (χ0v) is 15.0. The summed E-state index contributed by atoms with van der Waals surface area (Å²) >= 11 is 0. The van der Waals surface area contributed by atoms with Crippen LogP contribution < -0.4 is 5.32 Å². The summed E-state index contributed by atoms with van der Waals surface area (Å²) in [5, 5.41) is 2.98. The summed E-state index contributed by atoms with van der Waals surface area (Å²) in [6.45, 7) is 4.68. The van der Waals surface area contributed by atoms with Gasteiger partial charge in [-0.1, -0.05) is 24.3 Å². The number of rotatable bonds is 5. The second-order valence-corrected chi connectivity index (χ2v) is 9.34. The molecule has 2 atom stereocenters. The second-order valence-electron chi connectivity index (χ2n) is 7.12. The van der Waals surface area contributed by atoms with E-state index in [-0.39, 0.29) is 29.4 Å². The van der Waals surface area contributed by atoms with Crippen molar-refractivity contribution in [3.8, 4) is 0 Å². The van der Waals surface area contributed by atoms with Crippen LogP contribution in [0.1, 0.15) is 30.9 Å². The van der Waals surface area contributed by atoms with Crippen molar-refractivity contribution in [1.29, 1.82) is 0 Å². The summed E-state index contributed by atoms with van der Waals surface area (Å²) in [6.07, 6.45) is 2.00. The highest BCUT2D eigenvalue weighted by molar-refractivity contribution is 7.91. The Morgan fingerprint density at radius 1 is 1.33 bits per heavy atom. The number of amides is 1. The van der Waals surface area contributed by atoms with E-state index in [4.69, 9.17) is 0 Å². The average molecular weight is 350 g/mol. The molecule has 1 saturated heterocycles. The fourth-order valence-electron chi connectivity index (χ4n) is 3.65. The monoisotopic (exact) mass is 350 g/mol. The molecule has 6 heteroatoms. The molecule has 0 bridgehead atoms. The molecule has 1 aromatic carbocycles. The molecule has 3 rings (SSSR count). The first kappa shape index (κ1) is 17.4. The first-order valence-electron chi connectivity index (χ1n) is 8.71. The molecule has 0 aromatic heterocycles. The Labute approximate surface area is 144 Å². The number of sulfone groups is 1. The highest BCUT2D eigenvalue weighted by Crippen LogP contribution is 2.22. The molecule has 2 aliphatic heterocycles. The fourth-order valence-corrected chi connectivity index (χ4v) is 5.51. The van der Waals surface area contributed by atoms with Gasteiger partial charge in [-0.2, -0.15) is 0 Å². The van der Waals surface area contributed by atoms with Crippen molar-refractivity contribution >= 4 is 15.7 Å². The molecule has 5 nitrogen and oxygen atoms in total. The van der Waals surface area contributed by atoms with Crippen LogP contribution in [-0.2, 0) is 27.6 Å². The van der Waals surface area contributed by atoms with Crippen molar-refractivity contribution in [3.63, 3.8) is 0 Å². The van der Waals surface area contributed by atoms with E-state index in [9.17, 15) is 13.2 Å². The van der Waals surface area contributed by atoms with E-state index in [1.165, 1.54) is 11.1 Å². The highest BCUT2D eigenvalue weighted by Gasteiger charge is 2.29. The van der Waals surface area contributed by atoms with Crippen LogP contribution in [0.5, 0.6) is 0 Å². The number of hydrogen-bond donors (Lipinski definition) is 1. The molecule has 0 radical (unpaired) electrons. The predicted molar refractivity (Wildman–Crippen MR) is 94.4 cm³/mol. The lowest BCUT2D eigenvalue weighted by atomic mass is 9.99. The Hall–Kier alpha value is -1.40. The summed E-state index contributed by atoms with van der Waals surface area (Å²) in [7, 11) is -2.91. The maximum Gasteiger partial charge on any atom is 0.220 e. The van der Waals surface area contributed by atoms with Crippen molar-refractivity contribution in [3.05, 3.63) is 35.4 Å². The molecule has 1 amide bonds. The van der Waals surface area contributed by atoms with Gasteiger partial charge < -0.3 is 5.32 Å². The van der Waals surface area contributed by atoms with Gasteiger partial charge in [0.2, 0.25) is 5.91 Å². The number of hydrogen-bond acceptors (Lipinski definition) is 4. The Balaban J connectivity index is 1.44. The van der Waals surface area contributed by atoms with Crippen molar-refractivity contribution in [2.75, 3.05) is 24.6 Å². The lowest BCUT2D eigenvalue weighted by Crippen LogP contribution is -2.44. The molecule has 132 valence electrons. The molecule has 1 fully saturated rings. The number of nitrogens with one attached hydrogen (secondary N) is 1. The summed E-state index contributed by atoms with van der Waals surface area (Å²) in [4.78, 5) is 14.5. The van der Waals surface area contributed by atoms with Crippen LogP contribution in [0.4, 0.5) is 0 Å². The van der Waals surface area contributed by atoms with Crippen molar-refractivity contribution < 1.29 is 13.2 Å². The van der Waals surface area contributed by atoms with E-state index in [0.29, 0.717) is 19.4 Å². The van der Waals surface area contributed by atoms with Gasteiger partial charge in [0, 0.05) is 32.1 Å². The van der Waals surface area contributed by atoms with Gasteiger partial charge in [-0.25, -0.2) is 8.42 Å². The van der Waals surface area contributed by atoms with Gasteiger partial charge in [0.1, 0.15) is 0 Å². The Kier molecular flexibility index (Phi) is 5.25. The van der Waals surface area contributed by atoms with Crippen LogP contribution in [0.15, 0.2) is 24.3 Å². The molecule has 2 unspecified atom stereocenters. The normalized spacial score (nSPS) is 24.3. The number of carbonyl (C=O) groups is 1. The Morgan fingerprint density at radius 2 is 2.08 bits per heavy atom. The van der Waals surface area contributed by atoms with Crippen molar-refractivity contribution in [2.24, 2.45) is 5.92 Å². The summed E-state index contributed by atoms with van der Waals surface area (Å²) in [6, 6.07) is 8.79. The van der Waals surface area contributed by atoms with Gasteiger partial charge in [-0.3, -0.25) is 9.69 Å². The van der Waals surface area contributed by atoms with Crippen LogP contribution in [-0.4, -0.2) is 49.9 Å². The number of benzene rings is 1. The van der Waals surface area contributed by atoms with Gasteiger partial charge in [0.15, 0.2) is 9.84 Å². The summed E-state index contributed by atoms with van der Waals surface area (Å²) in [5.41, 5.74) is 2.80. The SMILES string of the molecule is CC(CNC(=O)CC1CCS(=O)(=O)C1)N1CCc2ccccc2C1. The summed E-state index contributed by atoms with van der Waals surface area (Å²) in [5.74, 6) is 0.362. The maximum absolute atomic E-state index is 12.1. The average Bonchev–Trinajstić information content (AvgIpc) is 2.90. The Bertz CT molecular complexity index is 702. The van der Waals surface area contributed by atoms with E-state index in [0.717, 1.165) is 19.5 Å². The minimum absolute atomic E-state index is 0.00725. The second kappa shape index (κ2) is 7.23. The molecular weight excluding hydrogens is 324 g/mol. The van der Waals surface area contributed by atoms with Gasteiger partial charge in [-0.05, 0) is 36.8 Å². The quantitative estimate of drug-likeness (QED) is 0.871. The minimum Gasteiger partial charge on any atom is -0.355 e. The van der Waals surface area contributed by atoms with E-state index in [1.54, 1.807) is 0 Å². The van der Waals surface area contributed by atoms with Gasteiger partial charge >= 0.3 is 0 Å². The Morgan fingerprint density at radius 3 is 2.79 bits per heavy atom. The smallest absolute Gasteiger partial charge is 0.220 e. The first-order chi connectivity index (χ1) is 11.4. The third kappa shape index (κ3) is 4.36. The molecule has 0 saturated carbocycles.